The molecule has 1 amide bonds. The zero-order chi connectivity index (χ0) is 11.5. The molecule has 3 nitrogen and oxygen atoms in total. The van der Waals surface area contributed by atoms with E-state index in [1.807, 2.05) is 24.3 Å². The Labute approximate surface area is 102 Å². The average molecular weight is 280 g/mol. The summed E-state index contributed by atoms with van der Waals surface area (Å²) in [6.07, 6.45) is 0. The van der Waals surface area contributed by atoms with E-state index < -0.39 is 0 Å². The zero-order valence-electron chi connectivity index (χ0n) is 8.66. The molecule has 0 saturated heterocycles. The van der Waals surface area contributed by atoms with Crippen LogP contribution in [0.25, 0.3) is 0 Å². The van der Waals surface area contributed by atoms with Crippen molar-refractivity contribution in [3.8, 4) is 0 Å². The minimum Gasteiger partial charge on any atom is -0.456 e. The van der Waals surface area contributed by atoms with E-state index in [1.54, 1.807) is 19.1 Å². The Morgan fingerprint density at radius 3 is 2.44 bits per heavy atom. The van der Waals surface area contributed by atoms with Gasteiger partial charge in [-0.2, -0.15) is 0 Å². The van der Waals surface area contributed by atoms with Crippen LogP contribution in [0.2, 0.25) is 0 Å². The molecule has 1 N–H and O–H groups in total. The zero-order valence-corrected chi connectivity index (χ0v) is 10.2. The van der Waals surface area contributed by atoms with Gasteiger partial charge in [-0.05, 0) is 43.3 Å². The molecular formula is C12H10BrNO2. The van der Waals surface area contributed by atoms with Gasteiger partial charge in [0.05, 0.1) is 0 Å². The topological polar surface area (TPSA) is 42.2 Å². The summed E-state index contributed by atoms with van der Waals surface area (Å²) in [6, 6.07) is 10.8. The largest absolute Gasteiger partial charge is 0.456 e. The molecule has 0 aliphatic heterocycles. The lowest BCUT2D eigenvalue weighted by Crippen LogP contribution is -2.10. The fourth-order valence-electron chi connectivity index (χ4n) is 1.28. The first-order valence-electron chi connectivity index (χ1n) is 4.78. The van der Waals surface area contributed by atoms with Crippen LogP contribution in [0.15, 0.2) is 45.3 Å². The van der Waals surface area contributed by atoms with Crippen LogP contribution >= 0.6 is 15.9 Å². The Bertz CT molecular complexity index is 502. The van der Waals surface area contributed by atoms with Crippen LogP contribution in [0, 0.1) is 6.92 Å². The molecule has 0 bridgehead atoms. The normalized spacial score (nSPS) is 10.1. The molecule has 1 aromatic carbocycles. The second kappa shape index (κ2) is 4.53. The third kappa shape index (κ3) is 2.52. The number of nitrogens with one attached hydrogen (secondary N) is 1. The number of aryl methyl sites for hydroxylation is 1. The van der Waals surface area contributed by atoms with Gasteiger partial charge in [-0.15, -0.1) is 0 Å². The van der Waals surface area contributed by atoms with Gasteiger partial charge >= 0.3 is 0 Å². The fraction of sp³-hybridized carbons (Fsp3) is 0.0833. The maximum absolute atomic E-state index is 11.7. The lowest BCUT2D eigenvalue weighted by atomic mass is 10.3. The van der Waals surface area contributed by atoms with Crippen LogP contribution in [-0.4, -0.2) is 5.91 Å². The number of hydrogen-bond acceptors (Lipinski definition) is 2. The Morgan fingerprint density at radius 1 is 1.19 bits per heavy atom. The maximum atomic E-state index is 11.7. The van der Waals surface area contributed by atoms with E-state index in [0.29, 0.717) is 5.76 Å². The summed E-state index contributed by atoms with van der Waals surface area (Å²) >= 11 is 3.33. The van der Waals surface area contributed by atoms with Crippen molar-refractivity contribution in [3.05, 3.63) is 52.4 Å². The van der Waals surface area contributed by atoms with Crippen LogP contribution in [-0.2, 0) is 0 Å². The van der Waals surface area contributed by atoms with Crippen molar-refractivity contribution in [2.75, 3.05) is 5.32 Å². The SMILES string of the molecule is Cc1ccc(C(=O)Nc2ccc(Br)cc2)o1. The molecule has 1 aromatic heterocycles. The number of halogens is 1. The molecule has 0 unspecified atom stereocenters. The maximum Gasteiger partial charge on any atom is 0.291 e. The van der Waals surface area contributed by atoms with E-state index in [0.717, 1.165) is 15.9 Å². The Morgan fingerprint density at radius 2 is 1.88 bits per heavy atom. The Balaban J connectivity index is 2.10. The van der Waals surface area contributed by atoms with Crippen molar-refractivity contribution in [3.63, 3.8) is 0 Å². The summed E-state index contributed by atoms with van der Waals surface area (Å²) in [7, 11) is 0. The highest BCUT2D eigenvalue weighted by molar-refractivity contribution is 9.10. The van der Waals surface area contributed by atoms with Gasteiger partial charge in [0.1, 0.15) is 5.76 Å². The van der Waals surface area contributed by atoms with Crippen LogP contribution in [0.4, 0.5) is 5.69 Å². The third-order valence-corrected chi connectivity index (χ3v) is 2.59. The number of carbonyl (C=O) groups is 1. The number of carbonyl (C=O) groups excluding carboxylic acids is 1. The van der Waals surface area contributed by atoms with Gasteiger partial charge in [-0.1, -0.05) is 15.9 Å². The minimum absolute atomic E-state index is 0.240. The molecule has 0 atom stereocenters. The van der Waals surface area contributed by atoms with Gasteiger partial charge in [0, 0.05) is 10.2 Å². The lowest BCUT2D eigenvalue weighted by Gasteiger charge is -2.02. The van der Waals surface area contributed by atoms with Crippen molar-refractivity contribution >= 4 is 27.5 Å². The second-order valence-electron chi connectivity index (χ2n) is 3.37. The monoisotopic (exact) mass is 279 g/mol. The first-order chi connectivity index (χ1) is 7.65. The molecule has 4 heteroatoms. The van der Waals surface area contributed by atoms with Crippen molar-refractivity contribution < 1.29 is 9.21 Å². The molecule has 0 saturated carbocycles. The number of benzene rings is 1. The smallest absolute Gasteiger partial charge is 0.291 e. The van der Waals surface area contributed by atoms with Crippen molar-refractivity contribution in [1.29, 1.82) is 0 Å². The van der Waals surface area contributed by atoms with E-state index in [-0.39, 0.29) is 5.91 Å². The molecule has 1 heterocycles. The molecule has 2 rings (SSSR count). The number of anilines is 1. The van der Waals surface area contributed by atoms with E-state index in [4.69, 9.17) is 4.42 Å². The predicted molar refractivity (Wildman–Crippen MR) is 65.5 cm³/mol. The number of hydrogen-bond donors (Lipinski definition) is 1. The second-order valence-corrected chi connectivity index (χ2v) is 4.29. The highest BCUT2D eigenvalue weighted by atomic mass is 79.9. The molecular weight excluding hydrogens is 270 g/mol. The number of furan rings is 1. The molecule has 16 heavy (non-hydrogen) atoms. The van der Waals surface area contributed by atoms with Gasteiger partial charge in [-0.3, -0.25) is 4.79 Å². The molecule has 0 fully saturated rings. The number of rotatable bonds is 2. The first-order valence-corrected chi connectivity index (χ1v) is 5.58. The minimum atomic E-state index is -0.240. The van der Waals surface area contributed by atoms with Crippen molar-refractivity contribution in [2.24, 2.45) is 0 Å². The van der Waals surface area contributed by atoms with E-state index in [2.05, 4.69) is 21.2 Å². The Hall–Kier alpha value is -1.55. The van der Waals surface area contributed by atoms with Gasteiger partial charge in [0.15, 0.2) is 5.76 Å². The summed E-state index contributed by atoms with van der Waals surface area (Å²) in [5.74, 6) is 0.803. The Kier molecular flexibility index (Phi) is 3.10. The molecule has 0 aliphatic rings. The molecule has 0 spiro atoms. The van der Waals surface area contributed by atoms with E-state index in [9.17, 15) is 4.79 Å². The fourth-order valence-corrected chi connectivity index (χ4v) is 1.55. The van der Waals surface area contributed by atoms with Gasteiger partial charge < -0.3 is 9.73 Å². The summed E-state index contributed by atoms with van der Waals surface area (Å²) < 4.78 is 6.19. The quantitative estimate of drug-likeness (QED) is 0.913. The summed E-state index contributed by atoms with van der Waals surface area (Å²) in [6.45, 7) is 1.80. The van der Waals surface area contributed by atoms with Crippen LogP contribution in [0.5, 0.6) is 0 Å². The summed E-state index contributed by atoms with van der Waals surface area (Å²) in [5, 5.41) is 2.75. The molecule has 82 valence electrons. The predicted octanol–water partition coefficient (Wildman–Crippen LogP) is 3.60. The lowest BCUT2D eigenvalue weighted by molar-refractivity contribution is 0.0995. The third-order valence-electron chi connectivity index (χ3n) is 2.07. The number of amides is 1. The molecule has 0 radical (unpaired) electrons. The van der Waals surface area contributed by atoms with Crippen molar-refractivity contribution in [1.82, 2.24) is 0 Å². The summed E-state index contributed by atoms with van der Waals surface area (Å²) in [5.41, 5.74) is 0.738. The average Bonchev–Trinajstić information content (AvgIpc) is 2.68. The standard InChI is InChI=1S/C12H10BrNO2/c1-8-2-7-11(16-8)12(15)14-10-5-3-9(13)4-6-10/h2-7H,1H3,(H,14,15). The van der Waals surface area contributed by atoms with Crippen LogP contribution in [0.3, 0.4) is 0 Å². The summed E-state index contributed by atoms with van der Waals surface area (Å²) in [4.78, 5) is 11.7. The van der Waals surface area contributed by atoms with Crippen LogP contribution < -0.4 is 5.32 Å². The molecule has 0 aliphatic carbocycles. The van der Waals surface area contributed by atoms with Gasteiger partial charge in [0.2, 0.25) is 0 Å². The first kappa shape index (κ1) is 11.0. The van der Waals surface area contributed by atoms with E-state index >= 15 is 0 Å². The highest BCUT2D eigenvalue weighted by Crippen LogP contribution is 2.15. The van der Waals surface area contributed by atoms with Gasteiger partial charge in [-0.25, -0.2) is 0 Å². The highest BCUT2D eigenvalue weighted by Gasteiger charge is 2.09. The van der Waals surface area contributed by atoms with Crippen molar-refractivity contribution in [2.45, 2.75) is 6.92 Å². The molecule has 2 aromatic rings. The van der Waals surface area contributed by atoms with E-state index in [1.165, 1.54) is 0 Å². The van der Waals surface area contributed by atoms with Crippen LogP contribution in [0.1, 0.15) is 16.3 Å². The van der Waals surface area contributed by atoms with Gasteiger partial charge in [0.25, 0.3) is 5.91 Å².